The van der Waals surface area contributed by atoms with E-state index in [1.54, 1.807) is 31.3 Å². The fourth-order valence-electron chi connectivity index (χ4n) is 6.38. The standard InChI is InChI=1S/C40H44BrClN6O5/c1-40(25-49,26-50)45-21-30-16-35(42)38(17-37(30)52-23-28-15-27(18-43)19-44-20-28)53-24-29-5-2-7-33(39(29)41)32-6-3-8-36-34(32)22-46-48(36)12-4-11-47-13-9-31(51)10-14-47/h2-3,5-8,15-17,19-20,22,31,45,49-51H,4,9-14,21,23-26H2,1H3. The topological polar surface area (TPSA) is 149 Å². The summed E-state index contributed by atoms with van der Waals surface area (Å²) >= 11 is 10.6. The average Bonchev–Trinajstić information content (AvgIpc) is 3.60. The van der Waals surface area contributed by atoms with Gasteiger partial charge in [-0.05, 0) is 78.0 Å². The Morgan fingerprint density at radius 2 is 1.72 bits per heavy atom. The molecule has 6 rings (SSSR count). The first-order chi connectivity index (χ1) is 25.7. The van der Waals surface area contributed by atoms with Gasteiger partial charge in [0, 0.05) is 71.2 Å². The van der Waals surface area contributed by atoms with Crippen molar-refractivity contribution in [2.24, 2.45) is 0 Å². The number of nitriles is 1. The quantitative estimate of drug-likeness (QED) is 0.0906. The van der Waals surface area contributed by atoms with Crippen LogP contribution >= 0.6 is 27.5 Å². The summed E-state index contributed by atoms with van der Waals surface area (Å²) in [6.45, 7) is 5.48. The highest BCUT2D eigenvalue weighted by Crippen LogP contribution is 2.38. The van der Waals surface area contributed by atoms with E-state index in [1.807, 2.05) is 18.3 Å². The number of nitrogens with one attached hydrogen (secondary N) is 1. The Balaban J connectivity index is 1.19. The van der Waals surface area contributed by atoms with Crippen molar-refractivity contribution in [3.05, 3.63) is 105 Å². The molecule has 1 aliphatic heterocycles. The molecule has 0 unspecified atom stereocenters. The van der Waals surface area contributed by atoms with Crippen molar-refractivity contribution in [1.82, 2.24) is 25.0 Å². The number of aryl methyl sites for hydroxylation is 1. The van der Waals surface area contributed by atoms with Crippen LogP contribution in [0.15, 0.2) is 77.7 Å². The van der Waals surface area contributed by atoms with E-state index in [0.29, 0.717) is 27.6 Å². The summed E-state index contributed by atoms with van der Waals surface area (Å²) in [5, 5.41) is 48.1. The number of hydrogen-bond donors (Lipinski definition) is 4. The summed E-state index contributed by atoms with van der Waals surface area (Å²) in [5.74, 6) is 0.909. The fourth-order valence-corrected chi connectivity index (χ4v) is 7.21. The number of aliphatic hydroxyl groups excluding tert-OH is 3. The van der Waals surface area contributed by atoms with Gasteiger partial charge in [-0.25, -0.2) is 0 Å². The number of rotatable bonds is 16. The second-order valence-corrected chi connectivity index (χ2v) is 14.9. The predicted molar refractivity (Wildman–Crippen MR) is 208 cm³/mol. The maximum absolute atomic E-state index is 9.82. The zero-order valence-electron chi connectivity index (χ0n) is 29.6. The lowest BCUT2D eigenvalue weighted by Gasteiger charge is -2.29. The summed E-state index contributed by atoms with van der Waals surface area (Å²) in [6, 6.07) is 19.6. The third-order valence-electron chi connectivity index (χ3n) is 9.68. The van der Waals surface area contributed by atoms with Crippen LogP contribution in [-0.4, -0.2) is 79.5 Å². The minimum atomic E-state index is -0.914. The molecule has 3 aromatic carbocycles. The normalized spacial score (nSPS) is 14.1. The van der Waals surface area contributed by atoms with E-state index in [1.165, 1.54) is 6.20 Å². The van der Waals surface area contributed by atoms with E-state index in [0.717, 1.165) is 83.1 Å². The van der Waals surface area contributed by atoms with Crippen LogP contribution < -0.4 is 14.8 Å². The molecule has 0 aliphatic carbocycles. The lowest BCUT2D eigenvalue weighted by Crippen LogP contribution is -2.48. The summed E-state index contributed by atoms with van der Waals surface area (Å²) < 4.78 is 15.5. The first-order valence-electron chi connectivity index (χ1n) is 17.7. The van der Waals surface area contributed by atoms with Crippen molar-refractivity contribution in [1.29, 1.82) is 5.26 Å². The van der Waals surface area contributed by atoms with Crippen LogP contribution in [0.2, 0.25) is 5.02 Å². The number of benzene rings is 3. The minimum Gasteiger partial charge on any atom is -0.488 e. The molecule has 0 saturated carbocycles. The minimum absolute atomic E-state index is 0.146. The highest BCUT2D eigenvalue weighted by atomic mass is 79.9. The van der Waals surface area contributed by atoms with Gasteiger partial charge in [-0.3, -0.25) is 9.67 Å². The van der Waals surface area contributed by atoms with Crippen LogP contribution in [0.25, 0.3) is 22.0 Å². The van der Waals surface area contributed by atoms with Crippen molar-refractivity contribution in [3.8, 4) is 28.7 Å². The number of halogens is 2. The van der Waals surface area contributed by atoms with Crippen molar-refractivity contribution in [3.63, 3.8) is 0 Å². The van der Waals surface area contributed by atoms with E-state index < -0.39 is 5.54 Å². The molecule has 1 saturated heterocycles. The summed E-state index contributed by atoms with van der Waals surface area (Å²) in [7, 11) is 0. The molecule has 13 heteroatoms. The van der Waals surface area contributed by atoms with E-state index in [4.69, 9.17) is 26.2 Å². The number of aromatic nitrogens is 3. The molecule has 4 N–H and O–H groups in total. The second-order valence-electron chi connectivity index (χ2n) is 13.7. The van der Waals surface area contributed by atoms with Crippen LogP contribution in [-0.2, 0) is 26.3 Å². The van der Waals surface area contributed by atoms with Crippen LogP contribution in [0.1, 0.15) is 48.4 Å². The molecule has 1 aliphatic rings. The first kappa shape index (κ1) is 38.7. The number of aliphatic hydroxyl groups is 3. The van der Waals surface area contributed by atoms with E-state index in [9.17, 15) is 20.6 Å². The monoisotopic (exact) mass is 802 g/mol. The molecule has 11 nitrogen and oxygen atoms in total. The Morgan fingerprint density at radius 1 is 0.962 bits per heavy atom. The third kappa shape index (κ3) is 9.55. The van der Waals surface area contributed by atoms with Crippen LogP contribution in [0.5, 0.6) is 11.5 Å². The van der Waals surface area contributed by atoms with Gasteiger partial charge in [-0.2, -0.15) is 10.4 Å². The highest BCUT2D eigenvalue weighted by molar-refractivity contribution is 9.10. The van der Waals surface area contributed by atoms with Crippen LogP contribution in [0.3, 0.4) is 0 Å². The molecular formula is C40H44BrClN6O5. The molecule has 0 spiro atoms. The van der Waals surface area contributed by atoms with Crippen molar-refractivity contribution < 1.29 is 24.8 Å². The third-order valence-corrected chi connectivity index (χ3v) is 10.9. The number of likely N-dealkylation sites (tertiary alicyclic amines) is 1. The maximum atomic E-state index is 9.82. The molecule has 0 bridgehead atoms. The smallest absolute Gasteiger partial charge is 0.142 e. The maximum Gasteiger partial charge on any atom is 0.142 e. The molecule has 0 radical (unpaired) electrons. The zero-order valence-corrected chi connectivity index (χ0v) is 32.0. The van der Waals surface area contributed by atoms with Gasteiger partial charge in [0.15, 0.2) is 0 Å². The van der Waals surface area contributed by atoms with Gasteiger partial charge >= 0.3 is 0 Å². The SMILES string of the molecule is CC(CO)(CO)NCc1cc(Cl)c(OCc2cccc(-c3cccc4c3cnn4CCCN3CCC(O)CC3)c2Br)cc1OCc1cncc(C#N)c1. The van der Waals surface area contributed by atoms with Gasteiger partial charge in [-0.1, -0.05) is 41.9 Å². The van der Waals surface area contributed by atoms with Gasteiger partial charge in [0.25, 0.3) is 0 Å². The number of pyridine rings is 1. The number of hydrogen-bond acceptors (Lipinski definition) is 10. The molecule has 2 aromatic heterocycles. The molecular weight excluding hydrogens is 760 g/mol. The van der Waals surface area contributed by atoms with Gasteiger partial charge < -0.3 is 35.0 Å². The molecule has 5 aromatic rings. The summed E-state index contributed by atoms with van der Waals surface area (Å²) in [5.41, 5.74) is 5.01. The largest absolute Gasteiger partial charge is 0.488 e. The lowest BCUT2D eigenvalue weighted by atomic mass is 10.00. The van der Waals surface area contributed by atoms with Crippen molar-refractivity contribution in [2.75, 3.05) is 32.8 Å². The Hall–Kier alpha value is -4.06. The highest BCUT2D eigenvalue weighted by Gasteiger charge is 2.23. The Labute approximate surface area is 322 Å². The second kappa shape index (κ2) is 17.8. The number of fused-ring (bicyclic) bond motifs is 1. The molecule has 3 heterocycles. The van der Waals surface area contributed by atoms with Crippen molar-refractivity contribution >= 4 is 38.4 Å². The first-order valence-corrected chi connectivity index (χ1v) is 18.9. The predicted octanol–water partition coefficient (Wildman–Crippen LogP) is 6.22. The number of nitrogens with zero attached hydrogens (tertiary/aromatic N) is 5. The Morgan fingerprint density at radius 3 is 2.49 bits per heavy atom. The van der Waals surface area contributed by atoms with Crippen LogP contribution in [0.4, 0.5) is 0 Å². The van der Waals surface area contributed by atoms with Gasteiger partial charge in [0.1, 0.15) is 30.8 Å². The average molecular weight is 804 g/mol. The van der Waals surface area contributed by atoms with E-state index >= 15 is 0 Å². The summed E-state index contributed by atoms with van der Waals surface area (Å²) in [4.78, 5) is 6.55. The van der Waals surface area contributed by atoms with Gasteiger partial charge in [-0.15, -0.1) is 0 Å². The Bertz CT molecular complexity index is 2060. The van der Waals surface area contributed by atoms with E-state index in [-0.39, 0.29) is 39.1 Å². The molecule has 53 heavy (non-hydrogen) atoms. The lowest BCUT2D eigenvalue weighted by molar-refractivity contribution is 0.0814. The zero-order chi connectivity index (χ0) is 37.4. The summed E-state index contributed by atoms with van der Waals surface area (Å²) in [6.07, 6.45) is 7.57. The van der Waals surface area contributed by atoms with Gasteiger partial charge in [0.05, 0.1) is 47.2 Å². The van der Waals surface area contributed by atoms with E-state index in [2.05, 4.69) is 66.1 Å². The molecule has 278 valence electrons. The Kier molecular flexibility index (Phi) is 13.0. The van der Waals surface area contributed by atoms with Crippen LogP contribution in [0, 0.1) is 11.3 Å². The molecule has 0 amide bonds. The number of piperidine rings is 1. The molecule has 0 atom stereocenters. The molecule has 1 fully saturated rings. The number of ether oxygens (including phenoxy) is 2. The van der Waals surface area contributed by atoms with Crippen molar-refractivity contribution in [2.45, 2.75) is 64.1 Å². The fraction of sp³-hybridized carbons (Fsp3) is 0.375. The van der Waals surface area contributed by atoms with Gasteiger partial charge in [0.2, 0.25) is 0 Å².